The highest BCUT2D eigenvalue weighted by Crippen LogP contribution is 2.32. The summed E-state index contributed by atoms with van der Waals surface area (Å²) in [4.78, 5) is 12.7. The Labute approximate surface area is 180 Å². The number of carbonyl (C=O) groups excluding carboxylic acids is 1. The van der Waals surface area contributed by atoms with Gasteiger partial charge in [-0.1, -0.05) is 18.2 Å². The number of hydrogen-bond acceptors (Lipinski definition) is 5. The van der Waals surface area contributed by atoms with E-state index in [4.69, 9.17) is 27.6 Å². The van der Waals surface area contributed by atoms with Crippen LogP contribution >= 0.6 is 23.2 Å². The lowest BCUT2D eigenvalue weighted by atomic mass is 10.1. The predicted molar refractivity (Wildman–Crippen MR) is 109 cm³/mol. The molecule has 1 N–H and O–H groups in total. The van der Waals surface area contributed by atoms with E-state index in [1.807, 2.05) is 4.72 Å². The van der Waals surface area contributed by atoms with Crippen LogP contribution in [0.25, 0.3) is 11.0 Å². The monoisotopic (exact) mass is 474 g/mol. The van der Waals surface area contributed by atoms with Crippen LogP contribution in [0.15, 0.2) is 51.8 Å². The van der Waals surface area contributed by atoms with Crippen molar-refractivity contribution in [2.24, 2.45) is 0 Å². The third kappa shape index (κ3) is 3.84. The number of halogens is 4. The average Bonchev–Trinajstić information content (AvgIpc) is 3.10. The maximum Gasteiger partial charge on any atom is 0.300 e. The summed E-state index contributed by atoms with van der Waals surface area (Å²) in [5.41, 5.74) is 0.547. The summed E-state index contributed by atoms with van der Waals surface area (Å²) < 4.78 is 60.0. The Morgan fingerprint density at radius 1 is 1.20 bits per heavy atom. The van der Waals surface area contributed by atoms with Crippen LogP contribution in [-0.4, -0.2) is 33.6 Å². The Bertz CT molecular complexity index is 1240. The molecule has 158 valence electrons. The van der Waals surface area contributed by atoms with Gasteiger partial charge in [-0.05, 0) is 12.1 Å². The zero-order chi connectivity index (χ0) is 21.6. The standard InChI is InChI=1S/C19H14Cl2F2N2O4S/c20-18(21)12-3-1-2-4-17(12)30(27,28)24-19(26)16-7-13-14(23)5-11(6-15(13)29-16)25-8-10(22)9-25/h1-7,10,18H,8-9H2,(H,24,26). The van der Waals surface area contributed by atoms with E-state index >= 15 is 0 Å². The molecule has 4 rings (SSSR count). The summed E-state index contributed by atoms with van der Waals surface area (Å²) in [5.74, 6) is -2.16. The van der Waals surface area contributed by atoms with E-state index in [0.29, 0.717) is 5.69 Å². The number of rotatable bonds is 5. The number of nitrogens with zero attached hydrogens (tertiary/aromatic N) is 1. The highest BCUT2D eigenvalue weighted by molar-refractivity contribution is 7.90. The highest BCUT2D eigenvalue weighted by atomic mass is 35.5. The second-order valence-electron chi connectivity index (χ2n) is 6.73. The molecule has 3 aromatic rings. The minimum atomic E-state index is -4.33. The van der Waals surface area contributed by atoms with Crippen LogP contribution < -0.4 is 9.62 Å². The molecule has 1 aromatic heterocycles. The zero-order valence-electron chi connectivity index (χ0n) is 15.1. The van der Waals surface area contributed by atoms with Gasteiger partial charge in [0.05, 0.1) is 23.4 Å². The van der Waals surface area contributed by atoms with Crippen molar-refractivity contribution in [1.82, 2.24) is 4.72 Å². The number of sulfonamides is 1. The molecule has 2 aromatic carbocycles. The molecule has 11 heteroatoms. The van der Waals surface area contributed by atoms with E-state index in [0.717, 1.165) is 6.07 Å². The first-order chi connectivity index (χ1) is 14.2. The van der Waals surface area contributed by atoms with Crippen molar-refractivity contribution < 1.29 is 26.4 Å². The zero-order valence-corrected chi connectivity index (χ0v) is 17.4. The molecule has 1 aliphatic rings. The van der Waals surface area contributed by atoms with E-state index in [1.165, 1.54) is 30.3 Å². The Morgan fingerprint density at radius 3 is 2.57 bits per heavy atom. The molecule has 0 bridgehead atoms. The van der Waals surface area contributed by atoms with E-state index < -0.39 is 38.5 Å². The van der Waals surface area contributed by atoms with Gasteiger partial charge in [-0.15, -0.1) is 23.2 Å². The molecule has 1 saturated heterocycles. The summed E-state index contributed by atoms with van der Waals surface area (Å²) in [7, 11) is -4.33. The van der Waals surface area contributed by atoms with Gasteiger partial charge in [-0.2, -0.15) is 0 Å². The molecule has 1 fully saturated rings. The van der Waals surface area contributed by atoms with E-state index in [2.05, 4.69) is 0 Å². The summed E-state index contributed by atoms with van der Waals surface area (Å²) in [5, 5.41) is 0.000556. The first-order valence-electron chi connectivity index (χ1n) is 8.72. The Kier molecular flexibility index (Phi) is 5.37. The van der Waals surface area contributed by atoms with E-state index in [-0.39, 0.29) is 34.5 Å². The Hall–Kier alpha value is -2.36. The molecule has 1 amide bonds. The molecule has 6 nitrogen and oxygen atoms in total. The summed E-state index contributed by atoms with van der Waals surface area (Å²) in [6, 6.07) is 9.45. The van der Waals surface area contributed by atoms with Crippen LogP contribution in [0.2, 0.25) is 0 Å². The summed E-state index contributed by atoms with van der Waals surface area (Å²) in [6.07, 6.45) is -0.977. The van der Waals surface area contributed by atoms with Gasteiger partial charge in [0.2, 0.25) is 0 Å². The number of carbonyl (C=O) groups is 1. The van der Waals surface area contributed by atoms with Crippen LogP contribution in [0.5, 0.6) is 0 Å². The molecule has 0 radical (unpaired) electrons. The number of fused-ring (bicyclic) bond motifs is 1. The van der Waals surface area contributed by atoms with Crippen molar-refractivity contribution in [3.63, 3.8) is 0 Å². The first-order valence-corrected chi connectivity index (χ1v) is 11.1. The third-order valence-corrected chi connectivity index (χ3v) is 6.54. The maximum atomic E-state index is 14.4. The number of alkyl halides is 3. The Balaban J connectivity index is 1.63. The predicted octanol–water partition coefficient (Wildman–Crippen LogP) is 4.32. The second kappa shape index (κ2) is 7.72. The fourth-order valence-electron chi connectivity index (χ4n) is 3.15. The van der Waals surface area contributed by atoms with Gasteiger partial charge < -0.3 is 9.32 Å². The average molecular weight is 475 g/mol. The highest BCUT2D eigenvalue weighted by Gasteiger charge is 2.29. The van der Waals surface area contributed by atoms with E-state index in [9.17, 15) is 22.0 Å². The van der Waals surface area contributed by atoms with Crippen LogP contribution in [-0.2, 0) is 10.0 Å². The summed E-state index contributed by atoms with van der Waals surface area (Å²) in [6.45, 7) is 0.275. The lowest BCUT2D eigenvalue weighted by Crippen LogP contribution is -2.48. The quantitative estimate of drug-likeness (QED) is 0.556. The van der Waals surface area contributed by atoms with Crippen LogP contribution in [0.4, 0.5) is 14.5 Å². The summed E-state index contributed by atoms with van der Waals surface area (Å²) >= 11 is 11.6. The number of furan rings is 1. The SMILES string of the molecule is O=C(NS(=O)(=O)c1ccccc1C(Cl)Cl)c1cc2c(F)cc(N3CC(F)C3)cc2o1. The van der Waals surface area contributed by atoms with Crippen LogP contribution in [0.3, 0.4) is 0 Å². The largest absolute Gasteiger partial charge is 0.451 e. The second-order valence-corrected chi connectivity index (χ2v) is 9.47. The van der Waals surface area contributed by atoms with Crippen molar-refractivity contribution >= 4 is 55.8 Å². The van der Waals surface area contributed by atoms with Crippen molar-refractivity contribution in [1.29, 1.82) is 0 Å². The van der Waals surface area contributed by atoms with E-state index in [1.54, 1.807) is 11.0 Å². The molecule has 0 unspecified atom stereocenters. The Morgan fingerprint density at radius 2 is 1.90 bits per heavy atom. The van der Waals surface area contributed by atoms with Gasteiger partial charge in [-0.25, -0.2) is 21.9 Å². The van der Waals surface area contributed by atoms with Crippen LogP contribution in [0.1, 0.15) is 21.0 Å². The molecule has 2 heterocycles. The molecule has 0 saturated carbocycles. The number of benzene rings is 2. The molecule has 0 aliphatic carbocycles. The van der Waals surface area contributed by atoms with Crippen molar-refractivity contribution in [3.05, 3.63) is 59.6 Å². The van der Waals surface area contributed by atoms with Gasteiger partial charge in [0, 0.05) is 23.4 Å². The minimum absolute atomic E-state index is 0.000556. The van der Waals surface area contributed by atoms with Gasteiger partial charge in [0.15, 0.2) is 5.76 Å². The fourth-order valence-corrected chi connectivity index (χ4v) is 4.86. The molecule has 0 atom stereocenters. The van der Waals surface area contributed by atoms with Crippen molar-refractivity contribution in [3.8, 4) is 0 Å². The van der Waals surface area contributed by atoms with Gasteiger partial charge >= 0.3 is 5.91 Å². The fraction of sp³-hybridized carbons (Fsp3) is 0.211. The van der Waals surface area contributed by atoms with Gasteiger partial charge in [0.25, 0.3) is 10.0 Å². The maximum absolute atomic E-state index is 14.4. The lowest BCUT2D eigenvalue weighted by Gasteiger charge is -2.36. The van der Waals surface area contributed by atoms with Crippen molar-refractivity contribution in [2.75, 3.05) is 18.0 Å². The number of anilines is 1. The molecule has 0 spiro atoms. The molecule has 1 aliphatic heterocycles. The normalized spacial score (nSPS) is 14.9. The van der Waals surface area contributed by atoms with Gasteiger partial charge in [0.1, 0.15) is 22.4 Å². The number of hydrogen-bond donors (Lipinski definition) is 1. The van der Waals surface area contributed by atoms with Crippen LogP contribution in [0, 0.1) is 5.82 Å². The number of amides is 1. The third-order valence-electron chi connectivity index (χ3n) is 4.67. The molecular weight excluding hydrogens is 461 g/mol. The smallest absolute Gasteiger partial charge is 0.300 e. The topological polar surface area (TPSA) is 79.6 Å². The number of nitrogens with one attached hydrogen (secondary N) is 1. The molecular formula is C19H14Cl2F2N2O4S. The van der Waals surface area contributed by atoms with Gasteiger partial charge in [-0.3, -0.25) is 4.79 Å². The molecule has 30 heavy (non-hydrogen) atoms. The minimum Gasteiger partial charge on any atom is -0.451 e. The lowest BCUT2D eigenvalue weighted by molar-refractivity contribution is 0.0956. The van der Waals surface area contributed by atoms with Crippen molar-refractivity contribution in [2.45, 2.75) is 15.9 Å². The first kappa shape index (κ1) is 20.9.